The lowest BCUT2D eigenvalue weighted by molar-refractivity contribution is 0.752. The van der Waals surface area contributed by atoms with Crippen LogP contribution in [0, 0.1) is 0 Å². The number of rotatable bonds is 3. The maximum Gasteiger partial charge on any atom is 0.0604 e. The van der Waals surface area contributed by atoms with E-state index in [0.717, 1.165) is 10.2 Å². The van der Waals surface area contributed by atoms with Crippen molar-refractivity contribution in [1.82, 2.24) is 4.98 Å². The topological polar surface area (TPSA) is 16.1 Å². The van der Waals surface area contributed by atoms with E-state index in [4.69, 9.17) is 0 Å². The molecule has 0 spiro atoms. The largest absolute Gasteiger partial charge is 0.366 e. The van der Waals surface area contributed by atoms with Crippen molar-refractivity contribution >= 4 is 33.0 Å². The quantitative estimate of drug-likeness (QED) is 0.848. The molecule has 1 atom stereocenters. The van der Waals surface area contributed by atoms with Gasteiger partial charge in [-0.1, -0.05) is 6.07 Å². The van der Waals surface area contributed by atoms with Crippen molar-refractivity contribution < 1.29 is 0 Å². The zero-order valence-corrected chi connectivity index (χ0v) is 11.6. The Bertz CT molecular complexity index is 456. The van der Waals surface area contributed by atoms with Crippen molar-refractivity contribution in [1.29, 1.82) is 0 Å². The molecule has 0 fully saturated rings. The molecule has 0 aromatic carbocycles. The summed E-state index contributed by atoms with van der Waals surface area (Å²) in [6, 6.07) is 6.65. The van der Waals surface area contributed by atoms with E-state index in [9.17, 15) is 0 Å². The van der Waals surface area contributed by atoms with Gasteiger partial charge in [0.25, 0.3) is 0 Å². The van der Waals surface area contributed by atoms with Crippen LogP contribution in [-0.4, -0.2) is 12.0 Å². The second-order valence-electron chi connectivity index (χ2n) is 3.63. The molecule has 0 N–H and O–H groups in total. The van der Waals surface area contributed by atoms with Crippen LogP contribution < -0.4 is 4.90 Å². The number of pyridine rings is 1. The number of aromatic nitrogens is 1. The number of anilines is 1. The van der Waals surface area contributed by atoms with Gasteiger partial charge in [-0.15, -0.1) is 11.3 Å². The molecule has 2 aromatic heterocycles. The first kappa shape index (κ1) is 11.6. The summed E-state index contributed by atoms with van der Waals surface area (Å²) in [6.45, 7) is 2.21. The Morgan fingerprint density at radius 1 is 1.44 bits per heavy atom. The Balaban J connectivity index is 2.26. The molecular formula is C12H13BrN2S. The van der Waals surface area contributed by atoms with E-state index in [2.05, 4.69) is 57.3 Å². The molecule has 0 saturated heterocycles. The van der Waals surface area contributed by atoms with Crippen molar-refractivity contribution in [3.8, 4) is 0 Å². The molecule has 0 radical (unpaired) electrons. The summed E-state index contributed by atoms with van der Waals surface area (Å²) < 4.78 is 1.03. The van der Waals surface area contributed by atoms with Crippen LogP contribution in [0.3, 0.4) is 0 Å². The minimum absolute atomic E-state index is 0.374. The van der Waals surface area contributed by atoms with E-state index in [1.54, 1.807) is 11.3 Å². The van der Waals surface area contributed by atoms with Crippen LogP contribution in [0.5, 0.6) is 0 Å². The maximum atomic E-state index is 4.08. The summed E-state index contributed by atoms with van der Waals surface area (Å²) in [7, 11) is 2.10. The fraction of sp³-hybridized carbons (Fsp3) is 0.250. The molecule has 2 nitrogen and oxygen atoms in total. The highest BCUT2D eigenvalue weighted by Crippen LogP contribution is 2.32. The van der Waals surface area contributed by atoms with Crippen LogP contribution in [0.4, 0.5) is 5.69 Å². The first-order valence-electron chi connectivity index (χ1n) is 5.06. The summed E-state index contributed by atoms with van der Waals surface area (Å²) in [5.41, 5.74) is 1.16. The second-order valence-corrected chi connectivity index (χ2v) is 5.46. The lowest BCUT2D eigenvalue weighted by atomic mass is 10.2. The summed E-state index contributed by atoms with van der Waals surface area (Å²) in [4.78, 5) is 7.69. The molecular weight excluding hydrogens is 284 g/mol. The third-order valence-corrected chi connectivity index (χ3v) is 4.32. The van der Waals surface area contributed by atoms with E-state index in [0.29, 0.717) is 6.04 Å². The predicted molar refractivity (Wildman–Crippen MR) is 73.1 cm³/mol. The Hall–Kier alpha value is -0.870. The molecule has 0 aliphatic rings. The van der Waals surface area contributed by atoms with Gasteiger partial charge in [-0.05, 0) is 40.4 Å². The van der Waals surface area contributed by atoms with Crippen LogP contribution >= 0.6 is 27.3 Å². The fourth-order valence-electron chi connectivity index (χ4n) is 1.58. The SMILES string of the molecule is CC(c1cccs1)N(C)c1ccncc1Br. The molecule has 84 valence electrons. The second kappa shape index (κ2) is 4.97. The third kappa shape index (κ3) is 2.28. The molecule has 0 bridgehead atoms. The monoisotopic (exact) mass is 296 g/mol. The Labute approximate surface area is 108 Å². The number of hydrogen-bond donors (Lipinski definition) is 0. The van der Waals surface area contributed by atoms with Crippen molar-refractivity contribution in [2.75, 3.05) is 11.9 Å². The van der Waals surface area contributed by atoms with Gasteiger partial charge in [-0.3, -0.25) is 4.98 Å². The van der Waals surface area contributed by atoms with E-state index >= 15 is 0 Å². The number of thiophene rings is 1. The molecule has 1 unspecified atom stereocenters. The van der Waals surface area contributed by atoms with Gasteiger partial charge >= 0.3 is 0 Å². The average molecular weight is 297 g/mol. The van der Waals surface area contributed by atoms with Crippen molar-refractivity contribution in [3.63, 3.8) is 0 Å². The van der Waals surface area contributed by atoms with Gasteiger partial charge in [0.1, 0.15) is 0 Å². The van der Waals surface area contributed by atoms with Crippen LogP contribution in [0.25, 0.3) is 0 Å². The summed E-state index contributed by atoms with van der Waals surface area (Å²) in [5, 5.41) is 2.11. The first-order valence-corrected chi connectivity index (χ1v) is 6.73. The molecule has 2 rings (SSSR count). The maximum absolute atomic E-state index is 4.08. The minimum atomic E-state index is 0.374. The van der Waals surface area contributed by atoms with Crippen LogP contribution in [0.1, 0.15) is 17.8 Å². The molecule has 0 amide bonds. The van der Waals surface area contributed by atoms with Gasteiger partial charge < -0.3 is 4.90 Å². The van der Waals surface area contributed by atoms with Gasteiger partial charge in [0.2, 0.25) is 0 Å². The standard InChI is InChI=1S/C12H13BrN2S/c1-9(12-4-3-7-16-12)15(2)11-5-6-14-8-10(11)13/h3-9H,1-2H3. The van der Waals surface area contributed by atoms with Gasteiger partial charge in [0, 0.05) is 24.3 Å². The highest BCUT2D eigenvalue weighted by Gasteiger charge is 2.14. The van der Waals surface area contributed by atoms with Gasteiger partial charge in [0.05, 0.1) is 16.2 Å². The van der Waals surface area contributed by atoms with Crippen molar-refractivity contribution in [3.05, 3.63) is 45.3 Å². The molecule has 2 aromatic rings. The molecule has 4 heteroatoms. The van der Waals surface area contributed by atoms with Crippen LogP contribution in [-0.2, 0) is 0 Å². The summed E-state index contributed by atoms with van der Waals surface area (Å²) in [5.74, 6) is 0. The zero-order valence-electron chi connectivity index (χ0n) is 9.22. The van der Waals surface area contributed by atoms with E-state index in [1.807, 2.05) is 18.5 Å². The molecule has 0 aliphatic carbocycles. The Morgan fingerprint density at radius 2 is 2.25 bits per heavy atom. The zero-order chi connectivity index (χ0) is 11.5. The average Bonchev–Trinajstić information content (AvgIpc) is 2.81. The number of hydrogen-bond acceptors (Lipinski definition) is 3. The highest BCUT2D eigenvalue weighted by atomic mass is 79.9. The van der Waals surface area contributed by atoms with E-state index in [-0.39, 0.29) is 0 Å². The van der Waals surface area contributed by atoms with Crippen molar-refractivity contribution in [2.24, 2.45) is 0 Å². The van der Waals surface area contributed by atoms with Crippen LogP contribution in [0.2, 0.25) is 0 Å². The van der Waals surface area contributed by atoms with Gasteiger partial charge in [0.15, 0.2) is 0 Å². The number of nitrogens with zero attached hydrogens (tertiary/aromatic N) is 2. The summed E-state index contributed by atoms with van der Waals surface area (Å²) >= 11 is 5.31. The van der Waals surface area contributed by atoms with E-state index < -0.39 is 0 Å². The van der Waals surface area contributed by atoms with Gasteiger partial charge in [-0.25, -0.2) is 0 Å². The number of halogens is 1. The lowest BCUT2D eigenvalue weighted by Gasteiger charge is -2.27. The Morgan fingerprint density at radius 3 is 2.88 bits per heavy atom. The molecule has 0 saturated carbocycles. The van der Waals surface area contributed by atoms with Crippen molar-refractivity contribution in [2.45, 2.75) is 13.0 Å². The lowest BCUT2D eigenvalue weighted by Crippen LogP contribution is -2.21. The molecule has 2 heterocycles. The third-order valence-electron chi connectivity index (χ3n) is 2.67. The Kier molecular flexibility index (Phi) is 3.61. The minimum Gasteiger partial charge on any atom is -0.366 e. The molecule has 16 heavy (non-hydrogen) atoms. The predicted octanol–water partition coefficient (Wildman–Crippen LogP) is 4.10. The fourth-order valence-corrected chi connectivity index (χ4v) is 2.94. The smallest absolute Gasteiger partial charge is 0.0604 e. The van der Waals surface area contributed by atoms with Crippen LogP contribution in [0.15, 0.2) is 40.4 Å². The van der Waals surface area contributed by atoms with E-state index in [1.165, 1.54) is 4.88 Å². The van der Waals surface area contributed by atoms with Gasteiger partial charge in [-0.2, -0.15) is 0 Å². The molecule has 0 aliphatic heterocycles. The summed E-state index contributed by atoms with van der Waals surface area (Å²) in [6.07, 6.45) is 3.64. The normalized spacial score (nSPS) is 12.4. The first-order chi connectivity index (χ1) is 7.70. The highest BCUT2D eigenvalue weighted by molar-refractivity contribution is 9.10.